The molecule has 2 rings (SSSR count). The number of nitrogens with two attached hydrogens (primary N) is 1. The Hall–Kier alpha value is -0.700. The van der Waals surface area contributed by atoms with Crippen LogP contribution in [0.15, 0.2) is 10.4 Å². The predicted octanol–water partition coefficient (Wildman–Crippen LogP) is 0.753. The average Bonchev–Trinajstić information content (AvgIpc) is 2.89. The van der Waals surface area contributed by atoms with Crippen molar-refractivity contribution in [1.29, 1.82) is 0 Å². The zero-order valence-electron chi connectivity index (χ0n) is 9.87. The van der Waals surface area contributed by atoms with Crippen LogP contribution in [0.2, 0.25) is 0 Å². The molecule has 2 atom stereocenters. The van der Waals surface area contributed by atoms with Crippen molar-refractivity contribution in [3.05, 3.63) is 6.20 Å². The van der Waals surface area contributed by atoms with Gasteiger partial charge in [0.1, 0.15) is 0 Å². The number of hydrogen-bond donors (Lipinski definition) is 3. The van der Waals surface area contributed by atoms with Gasteiger partial charge in [0.05, 0.1) is 6.20 Å². The number of thiazole rings is 1. The number of sulfonamides is 1. The van der Waals surface area contributed by atoms with Crippen LogP contribution in [0.5, 0.6) is 0 Å². The van der Waals surface area contributed by atoms with Crippen LogP contribution in [0, 0.1) is 5.92 Å². The molecule has 1 fully saturated rings. The Morgan fingerprint density at radius 3 is 2.94 bits per heavy atom. The van der Waals surface area contributed by atoms with E-state index in [0.29, 0.717) is 11.0 Å². The Balaban J connectivity index is 2.03. The minimum absolute atomic E-state index is 0.0710. The Bertz CT molecular complexity index is 500. The highest BCUT2D eigenvalue weighted by Gasteiger charge is 2.27. The van der Waals surface area contributed by atoms with Crippen LogP contribution < -0.4 is 10.5 Å². The van der Waals surface area contributed by atoms with E-state index >= 15 is 0 Å². The van der Waals surface area contributed by atoms with Crippen LogP contribution in [0.4, 0.5) is 5.13 Å². The van der Waals surface area contributed by atoms with Crippen molar-refractivity contribution < 1.29 is 13.5 Å². The third-order valence-corrected chi connectivity index (χ3v) is 5.57. The van der Waals surface area contributed by atoms with E-state index in [1.807, 2.05) is 0 Å². The molecule has 1 aliphatic rings. The molecule has 18 heavy (non-hydrogen) atoms. The maximum absolute atomic E-state index is 11.1. The first-order valence-corrected chi connectivity index (χ1v) is 8.23. The first kappa shape index (κ1) is 13.7. The van der Waals surface area contributed by atoms with Crippen molar-refractivity contribution in [3.63, 3.8) is 0 Å². The van der Waals surface area contributed by atoms with Gasteiger partial charge in [-0.05, 0) is 25.2 Å². The van der Waals surface area contributed by atoms with E-state index in [2.05, 4.69) is 10.3 Å². The van der Waals surface area contributed by atoms with Crippen molar-refractivity contribution in [3.8, 4) is 0 Å². The number of rotatable bonds is 5. The molecule has 0 amide bonds. The second-order valence-corrected chi connectivity index (χ2v) is 7.30. The zero-order valence-corrected chi connectivity index (χ0v) is 11.5. The number of aromatic nitrogens is 1. The van der Waals surface area contributed by atoms with Gasteiger partial charge in [-0.2, -0.15) is 0 Å². The molecule has 102 valence electrons. The second-order valence-electron chi connectivity index (χ2n) is 4.48. The summed E-state index contributed by atoms with van der Waals surface area (Å²) >= 11 is 1.05. The molecule has 0 spiro atoms. The van der Waals surface area contributed by atoms with E-state index in [4.69, 9.17) is 10.2 Å². The van der Waals surface area contributed by atoms with Gasteiger partial charge in [-0.3, -0.25) is 0 Å². The third-order valence-electron chi connectivity index (χ3n) is 3.23. The van der Waals surface area contributed by atoms with E-state index in [1.165, 1.54) is 6.20 Å². The topological polar surface area (TPSA) is 105 Å². The summed E-state index contributed by atoms with van der Waals surface area (Å²) in [4.78, 5) is 4.03. The van der Waals surface area contributed by atoms with Crippen molar-refractivity contribution in [2.24, 2.45) is 11.1 Å². The molecule has 0 saturated heterocycles. The molecule has 1 aliphatic carbocycles. The van der Waals surface area contributed by atoms with Gasteiger partial charge in [0.25, 0.3) is 0 Å². The molecular formula is C10H17N3O3S2. The molecule has 6 nitrogen and oxygen atoms in total. The van der Waals surface area contributed by atoms with Gasteiger partial charge in [-0.25, -0.2) is 18.5 Å². The Kier molecular flexibility index (Phi) is 4.21. The quantitative estimate of drug-likeness (QED) is 0.742. The largest absolute Gasteiger partial charge is 0.396 e. The fourth-order valence-corrected chi connectivity index (χ4v) is 3.87. The number of aliphatic hydroxyl groups is 1. The normalized spacial score (nSPS) is 24.3. The third kappa shape index (κ3) is 3.19. The monoisotopic (exact) mass is 291 g/mol. The number of aliphatic hydroxyl groups excluding tert-OH is 1. The summed E-state index contributed by atoms with van der Waals surface area (Å²) in [6, 6.07) is 0.261. The van der Waals surface area contributed by atoms with Gasteiger partial charge in [0.2, 0.25) is 10.0 Å². The van der Waals surface area contributed by atoms with E-state index in [1.54, 1.807) is 0 Å². The van der Waals surface area contributed by atoms with E-state index < -0.39 is 10.0 Å². The van der Waals surface area contributed by atoms with Gasteiger partial charge >= 0.3 is 0 Å². The molecular weight excluding hydrogens is 274 g/mol. The SMILES string of the molecule is NS(=O)(=O)c1cnc(NC2CCCC2CCO)s1. The summed E-state index contributed by atoms with van der Waals surface area (Å²) in [5.41, 5.74) is 0. The lowest BCUT2D eigenvalue weighted by Gasteiger charge is -2.19. The van der Waals surface area contributed by atoms with Crippen LogP contribution in [0.25, 0.3) is 0 Å². The summed E-state index contributed by atoms with van der Waals surface area (Å²) in [5, 5.41) is 17.8. The van der Waals surface area contributed by atoms with Gasteiger partial charge < -0.3 is 10.4 Å². The number of nitrogens with zero attached hydrogens (tertiary/aromatic N) is 1. The minimum Gasteiger partial charge on any atom is -0.396 e. The van der Waals surface area contributed by atoms with Crippen LogP contribution in [-0.2, 0) is 10.0 Å². The van der Waals surface area contributed by atoms with Gasteiger partial charge in [0.15, 0.2) is 9.34 Å². The average molecular weight is 291 g/mol. The maximum atomic E-state index is 11.1. The molecule has 8 heteroatoms. The summed E-state index contributed by atoms with van der Waals surface area (Å²) in [5.74, 6) is 0.428. The molecule has 4 N–H and O–H groups in total. The lowest BCUT2D eigenvalue weighted by Crippen LogP contribution is -2.24. The van der Waals surface area contributed by atoms with Crippen molar-refractivity contribution in [1.82, 2.24) is 4.98 Å². The van der Waals surface area contributed by atoms with Crippen LogP contribution in [0.3, 0.4) is 0 Å². The highest BCUT2D eigenvalue weighted by Crippen LogP contribution is 2.32. The lowest BCUT2D eigenvalue weighted by atomic mass is 10.0. The van der Waals surface area contributed by atoms with Crippen molar-refractivity contribution in [2.75, 3.05) is 11.9 Å². The zero-order chi connectivity index (χ0) is 13.2. The van der Waals surface area contributed by atoms with Crippen LogP contribution >= 0.6 is 11.3 Å². The highest BCUT2D eigenvalue weighted by atomic mass is 32.2. The number of primary sulfonamides is 1. The van der Waals surface area contributed by atoms with Gasteiger partial charge in [-0.15, -0.1) is 0 Å². The van der Waals surface area contributed by atoms with E-state index in [0.717, 1.165) is 37.0 Å². The number of anilines is 1. The molecule has 0 aliphatic heterocycles. The second kappa shape index (κ2) is 5.52. The molecule has 1 aromatic heterocycles. The van der Waals surface area contributed by atoms with Crippen molar-refractivity contribution in [2.45, 2.75) is 35.9 Å². The molecule has 1 aromatic rings. The minimum atomic E-state index is -3.66. The summed E-state index contributed by atoms with van der Waals surface area (Å²) in [6.45, 7) is 0.184. The van der Waals surface area contributed by atoms with Gasteiger partial charge in [0, 0.05) is 12.6 Å². The number of nitrogens with one attached hydrogen (secondary N) is 1. The number of hydrogen-bond acceptors (Lipinski definition) is 6. The fourth-order valence-electron chi connectivity index (χ4n) is 2.35. The fraction of sp³-hybridized carbons (Fsp3) is 0.700. The molecule has 0 aromatic carbocycles. The standard InChI is InChI=1S/C10H17N3O3S2/c11-18(15,16)9-6-12-10(17-9)13-8-3-1-2-7(8)4-5-14/h6-8,14H,1-5H2,(H,12,13)(H2,11,15,16). The first-order chi connectivity index (χ1) is 8.50. The van der Waals surface area contributed by atoms with E-state index in [-0.39, 0.29) is 16.9 Å². The molecule has 1 heterocycles. The maximum Gasteiger partial charge on any atom is 0.249 e. The smallest absolute Gasteiger partial charge is 0.249 e. The molecule has 2 unspecified atom stereocenters. The van der Waals surface area contributed by atoms with Crippen LogP contribution in [0.1, 0.15) is 25.7 Å². The summed E-state index contributed by atoms with van der Waals surface area (Å²) in [7, 11) is -3.66. The van der Waals surface area contributed by atoms with Gasteiger partial charge in [-0.1, -0.05) is 17.8 Å². The molecule has 0 bridgehead atoms. The summed E-state index contributed by atoms with van der Waals surface area (Å²) in [6.07, 6.45) is 5.28. The first-order valence-electron chi connectivity index (χ1n) is 5.86. The Labute approximate surface area is 110 Å². The van der Waals surface area contributed by atoms with Crippen molar-refractivity contribution >= 4 is 26.5 Å². The summed E-state index contributed by atoms with van der Waals surface area (Å²) < 4.78 is 22.3. The van der Waals surface area contributed by atoms with Crippen LogP contribution in [-0.4, -0.2) is 31.2 Å². The predicted molar refractivity (Wildman–Crippen MR) is 69.9 cm³/mol. The Morgan fingerprint density at radius 2 is 2.33 bits per heavy atom. The molecule has 1 saturated carbocycles. The lowest BCUT2D eigenvalue weighted by molar-refractivity contribution is 0.254. The Morgan fingerprint density at radius 1 is 1.56 bits per heavy atom. The highest BCUT2D eigenvalue weighted by molar-refractivity contribution is 7.91. The van der Waals surface area contributed by atoms with E-state index in [9.17, 15) is 8.42 Å². The molecule has 0 radical (unpaired) electrons.